The zero-order chi connectivity index (χ0) is 6.57. The molecule has 2 nitrogen and oxygen atoms in total. The van der Waals surface area contributed by atoms with Gasteiger partial charge in [-0.15, -0.1) is 0 Å². The van der Waals surface area contributed by atoms with Crippen LogP contribution in [0.15, 0.2) is 10.6 Å². The summed E-state index contributed by atoms with van der Waals surface area (Å²) in [5.41, 5.74) is 0. The lowest BCUT2D eigenvalue weighted by atomic mass is 10.8. The normalized spacial score (nSPS) is 12.9. The van der Waals surface area contributed by atoms with Gasteiger partial charge in [-0.3, -0.25) is 4.21 Å². The molecule has 0 rings (SSSR count). The Bertz CT molecular complexity index is 118. The van der Waals surface area contributed by atoms with Crippen molar-refractivity contribution in [3.63, 3.8) is 0 Å². The van der Waals surface area contributed by atoms with E-state index in [-0.39, 0.29) is 10.2 Å². The molecule has 0 spiro atoms. The second kappa shape index (κ2) is 4.32. The van der Waals surface area contributed by atoms with Crippen LogP contribution in [-0.4, -0.2) is 14.5 Å². The molecule has 0 aliphatic carbocycles. The van der Waals surface area contributed by atoms with Crippen LogP contribution in [0.1, 0.15) is 0 Å². The molecule has 0 aliphatic rings. The lowest BCUT2D eigenvalue weighted by molar-refractivity contribution is 0.540. The quantitative estimate of drug-likeness (QED) is 0.589. The van der Waals surface area contributed by atoms with Crippen LogP contribution >= 0.6 is 23.2 Å². The average molecular weight is 174 g/mol. The van der Waals surface area contributed by atoms with E-state index in [0.29, 0.717) is 0 Å². The molecule has 0 heterocycles. The SMILES string of the molecule is O=S([O-])CC=C(Cl)Cl. The van der Waals surface area contributed by atoms with Gasteiger partial charge in [-0.25, -0.2) is 0 Å². The Balaban J connectivity index is 3.45. The number of halogens is 2. The summed E-state index contributed by atoms with van der Waals surface area (Å²) in [6.07, 6.45) is 1.20. The van der Waals surface area contributed by atoms with E-state index >= 15 is 0 Å². The van der Waals surface area contributed by atoms with Gasteiger partial charge in [0.2, 0.25) is 0 Å². The van der Waals surface area contributed by atoms with E-state index < -0.39 is 11.1 Å². The topological polar surface area (TPSA) is 40.1 Å². The van der Waals surface area contributed by atoms with E-state index in [9.17, 15) is 8.76 Å². The van der Waals surface area contributed by atoms with Crippen molar-refractivity contribution in [1.29, 1.82) is 0 Å². The summed E-state index contributed by atoms with van der Waals surface area (Å²) in [5.74, 6) is -0.123. The molecule has 0 aromatic rings. The van der Waals surface area contributed by atoms with Crippen LogP contribution in [-0.2, 0) is 11.1 Å². The minimum Gasteiger partial charge on any atom is -0.772 e. The summed E-state index contributed by atoms with van der Waals surface area (Å²) in [5, 5.41) is 0. The minimum atomic E-state index is -2.08. The van der Waals surface area contributed by atoms with Crippen LogP contribution in [0.25, 0.3) is 0 Å². The standard InChI is InChI=1S/C3H4Cl2O2S/c4-3(5)1-2-8(6)7/h1H,2H2,(H,6,7)/p-1. The fourth-order valence-electron chi connectivity index (χ4n) is 0.131. The van der Waals surface area contributed by atoms with Crippen LogP contribution in [0.3, 0.4) is 0 Å². The molecule has 48 valence electrons. The number of hydrogen-bond donors (Lipinski definition) is 0. The predicted molar refractivity (Wildman–Crippen MR) is 33.6 cm³/mol. The van der Waals surface area contributed by atoms with Crippen molar-refractivity contribution in [2.45, 2.75) is 0 Å². The monoisotopic (exact) mass is 173 g/mol. The Morgan fingerprint density at radius 2 is 2.25 bits per heavy atom. The first-order chi connectivity index (χ1) is 3.63. The van der Waals surface area contributed by atoms with Gasteiger partial charge in [0, 0.05) is 5.75 Å². The minimum absolute atomic E-state index is 0.0193. The maximum atomic E-state index is 9.74. The van der Waals surface area contributed by atoms with Crippen molar-refractivity contribution in [1.82, 2.24) is 0 Å². The smallest absolute Gasteiger partial charge is 0.103 e. The first kappa shape index (κ1) is 8.43. The molecular formula is C3H3Cl2O2S-. The second-order valence-corrected chi connectivity index (χ2v) is 2.91. The highest BCUT2D eigenvalue weighted by atomic mass is 35.5. The van der Waals surface area contributed by atoms with Crippen molar-refractivity contribution in [2.75, 3.05) is 5.75 Å². The Hall–Kier alpha value is 0.430. The van der Waals surface area contributed by atoms with Crippen LogP contribution in [0.2, 0.25) is 0 Å². The van der Waals surface area contributed by atoms with Gasteiger partial charge in [-0.2, -0.15) is 0 Å². The summed E-state index contributed by atoms with van der Waals surface area (Å²) in [6.45, 7) is 0. The molecule has 0 fully saturated rings. The number of hydrogen-bond acceptors (Lipinski definition) is 2. The van der Waals surface area contributed by atoms with Gasteiger partial charge in [0.15, 0.2) is 0 Å². The Morgan fingerprint density at radius 3 is 2.38 bits per heavy atom. The van der Waals surface area contributed by atoms with E-state index in [1.807, 2.05) is 0 Å². The number of rotatable bonds is 2. The highest BCUT2D eigenvalue weighted by molar-refractivity contribution is 7.79. The third kappa shape index (κ3) is 6.43. The van der Waals surface area contributed by atoms with Crippen molar-refractivity contribution in [3.8, 4) is 0 Å². The van der Waals surface area contributed by atoms with Crippen LogP contribution in [0, 0.1) is 0 Å². The zero-order valence-corrected chi connectivity index (χ0v) is 6.09. The molecule has 0 aromatic heterocycles. The largest absolute Gasteiger partial charge is 0.772 e. The molecule has 1 unspecified atom stereocenters. The van der Waals surface area contributed by atoms with Gasteiger partial charge in [-0.05, 0) is 6.08 Å². The molecule has 1 atom stereocenters. The molecule has 0 N–H and O–H groups in total. The molecule has 8 heavy (non-hydrogen) atoms. The van der Waals surface area contributed by atoms with Crippen molar-refractivity contribution in [3.05, 3.63) is 10.6 Å². The molecule has 0 aliphatic heterocycles. The van der Waals surface area contributed by atoms with Gasteiger partial charge in [0.25, 0.3) is 0 Å². The van der Waals surface area contributed by atoms with Gasteiger partial charge in [0.1, 0.15) is 4.49 Å². The summed E-state index contributed by atoms with van der Waals surface area (Å²) in [6, 6.07) is 0. The fourth-order valence-corrected chi connectivity index (χ4v) is 0.771. The Labute approximate surface area is 59.8 Å². The Kier molecular flexibility index (Phi) is 4.56. The molecule has 0 saturated carbocycles. The lowest BCUT2D eigenvalue weighted by Gasteiger charge is -1.96. The molecule has 0 bridgehead atoms. The summed E-state index contributed by atoms with van der Waals surface area (Å²) in [4.78, 5) is 0. The van der Waals surface area contributed by atoms with E-state index in [0.717, 1.165) is 0 Å². The van der Waals surface area contributed by atoms with Crippen molar-refractivity contribution in [2.24, 2.45) is 0 Å². The molecular weight excluding hydrogens is 171 g/mol. The maximum Gasteiger partial charge on any atom is 0.103 e. The maximum absolute atomic E-state index is 9.74. The van der Waals surface area contributed by atoms with E-state index in [1.165, 1.54) is 6.08 Å². The lowest BCUT2D eigenvalue weighted by Crippen LogP contribution is -1.89. The van der Waals surface area contributed by atoms with E-state index in [1.54, 1.807) is 0 Å². The second-order valence-electron chi connectivity index (χ2n) is 0.964. The van der Waals surface area contributed by atoms with Gasteiger partial charge < -0.3 is 4.55 Å². The van der Waals surface area contributed by atoms with Crippen molar-refractivity contribution < 1.29 is 8.76 Å². The highest BCUT2D eigenvalue weighted by Gasteiger charge is 1.80. The van der Waals surface area contributed by atoms with Crippen molar-refractivity contribution >= 4 is 34.3 Å². The summed E-state index contributed by atoms with van der Waals surface area (Å²) in [7, 11) is 0. The van der Waals surface area contributed by atoms with E-state index in [4.69, 9.17) is 23.2 Å². The molecule has 0 amide bonds. The van der Waals surface area contributed by atoms with E-state index in [2.05, 4.69) is 0 Å². The van der Waals surface area contributed by atoms with Crippen LogP contribution in [0.5, 0.6) is 0 Å². The predicted octanol–water partition coefficient (Wildman–Crippen LogP) is 1.18. The van der Waals surface area contributed by atoms with Gasteiger partial charge in [0.05, 0.1) is 0 Å². The van der Waals surface area contributed by atoms with Crippen LogP contribution < -0.4 is 0 Å². The first-order valence-electron chi connectivity index (χ1n) is 1.70. The summed E-state index contributed by atoms with van der Waals surface area (Å²) >= 11 is 8.07. The average Bonchev–Trinajstić information content (AvgIpc) is 1.61. The molecule has 0 aromatic carbocycles. The zero-order valence-electron chi connectivity index (χ0n) is 3.77. The first-order valence-corrected chi connectivity index (χ1v) is 3.70. The van der Waals surface area contributed by atoms with Crippen LogP contribution in [0.4, 0.5) is 0 Å². The van der Waals surface area contributed by atoms with Gasteiger partial charge in [-0.1, -0.05) is 34.3 Å². The highest BCUT2D eigenvalue weighted by Crippen LogP contribution is 2.04. The Morgan fingerprint density at radius 1 is 1.75 bits per heavy atom. The molecule has 0 saturated heterocycles. The summed E-state index contributed by atoms with van der Waals surface area (Å²) < 4.78 is 19.5. The van der Waals surface area contributed by atoms with Gasteiger partial charge >= 0.3 is 0 Å². The third-order valence-corrected chi connectivity index (χ3v) is 1.12. The third-order valence-electron chi connectivity index (χ3n) is 0.374. The molecule has 5 heteroatoms. The molecule has 0 radical (unpaired) electrons. The fraction of sp³-hybridized carbons (Fsp3) is 0.333.